The monoisotopic (exact) mass is 427 g/mol. The number of piperidine rings is 1. The third-order valence-corrected chi connectivity index (χ3v) is 5.84. The second-order valence-electron chi connectivity index (χ2n) is 8.18. The van der Waals surface area contributed by atoms with E-state index in [-0.39, 0.29) is 11.9 Å². The van der Waals surface area contributed by atoms with Gasteiger partial charge in [0.1, 0.15) is 5.65 Å². The number of pyridine rings is 3. The van der Waals surface area contributed by atoms with Crippen molar-refractivity contribution in [1.29, 1.82) is 0 Å². The van der Waals surface area contributed by atoms with Crippen molar-refractivity contribution >= 4 is 28.3 Å². The van der Waals surface area contributed by atoms with Crippen molar-refractivity contribution in [2.24, 2.45) is 5.73 Å². The van der Waals surface area contributed by atoms with Crippen molar-refractivity contribution in [3.63, 3.8) is 0 Å². The van der Waals surface area contributed by atoms with E-state index in [1.165, 1.54) is 0 Å². The molecule has 0 radical (unpaired) electrons. The van der Waals surface area contributed by atoms with Gasteiger partial charge in [0, 0.05) is 66.9 Å². The Labute approximate surface area is 185 Å². The van der Waals surface area contributed by atoms with Crippen LogP contribution in [-0.4, -0.2) is 45.0 Å². The molecule has 1 atom stereocenters. The zero-order valence-corrected chi connectivity index (χ0v) is 17.9. The Morgan fingerprint density at radius 3 is 2.88 bits per heavy atom. The zero-order chi connectivity index (χ0) is 22.1. The van der Waals surface area contributed by atoms with Gasteiger partial charge in [-0.1, -0.05) is 6.07 Å². The Hall–Kier alpha value is -3.78. The Morgan fingerprint density at radius 1 is 1.22 bits per heavy atom. The van der Waals surface area contributed by atoms with Crippen molar-refractivity contribution < 1.29 is 4.79 Å². The third-order valence-electron chi connectivity index (χ3n) is 5.84. The lowest BCUT2D eigenvalue weighted by Gasteiger charge is -2.34. The van der Waals surface area contributed by atoms with Crippen LogP contribution >= 0.6 is 0 Å². The summed E-state index contributed by atoms with van der Waals surface area (Å²) >= 11 is 0. The number of carbonyl (C=O) groups is 1. The molecule has 0 aromatic carbocycles. The van der Waals surface area contributed by atoms with Crippen LogP contribution in [0.1, 0.15) is 28.9 Å². The number of anilines is 2. The Balaban J connectivity index is 1.65. The minimum Gasteiger partial charge on any atom is -0.369 e. The maximum Gasteiger partial charge on any atom is 0.257 e. The molecule has 0 saturated carbocycles. The molecule has 4 N–H and O–H groups in total. The Bertz CT molecular complexity index is 1250. The van der Waals surface area contributed by atoms with Crippen LogP contribution in [0.25, 0.3) is 22.2 Å². The first-order valence-corrected chi connectivity index (χ1v) is 10.7. The molecule has 32 heavy (non-hydrogen) atoms. The van der Waals surface area contributed by atoms with Gasteiger partial charge in [0.2, 0.25) is 0 Å². The molecule has 1 aliphatic heterocycles. The topological polar surface area (TPSA) is 113 Å². The average molecular weight is 428 g/mol. The molecule has 1 saturated heterocycles. The van der Waals surface area contributed by atoms with Crippen LogP contribution in [0.4, 0.5) is 11.4 Å². The van der Waals surface area contributed by atoms with E-state index in [4.69, 9.17) is 5.73 Å². The Morgan fingerprint density at radius 2 is 2.12 bits per heavy atom. The number of H-pyrrole nitrogens is 1. The lowest BCUT2D eigenvalue weighted by Crippen LogP contribution is -2.43. The van der Waals surface area contributed by atoms with Crippen LogP contribution in [0.5, 0.6) is 0 Å². The van der Waals surface area contributed by atoms with E-state index in [0.29, 0.717) is 16.9 Å². The van der Waals surface area contributed by atoms with E-state index in [9.17, 15) is 4.79 Å². The van der Waals surface area contributed by atoms with Gasteiger partial charge in [-0.15, -0.1) is 0 Å². The molecule has 1 fully saturated rings. The van der Waals surface area contributed by atoms with Gasteiger partial charge in [0.15, 0.2) is 0 Å². The van der Waals surface area contributed by atoms with Gasteiger partial charge in [-0.3, -0.25) is 14.8 Å². The highest BCUT2D eigenvalue weighted by Crippen LogP contribution is 2.41. The quantitative estimate of drug-likeness (QED) is 0.459. The van der Waals surface area contributed by atoms with E-state index < -0.39 is 0 Å². The Kier molecular flexibility index (Phi) is 5.28. The minimum atomic E-state index is -0.220. The first-order chi connectivity index (χ1) is 15.6. The van der Waals surface area contributed by atoms with Gasteiger partial charge < -0.3 is 20.9 Å². The van der Waals surface area contributed by atoms with Gasteiger partial charge in [-0.2, -0.15) is 0 Å². The fourth-order valence-electron chi connectivity index (χ4n) is 4.25. The largest absolute Gasteiger partial charge is 0.369 e. The SMILES string of the molecule is Cc1ccc(-c2cnc3[nH]cc(NC(=O)c4cccnc4)c3c2N2CCCC(N)C2)cn1. The molecule has 0 spiro atoms. The molecule has 4 aromatic heterocycles. The van der Waals surface area contributed by atoms with Gasteiger partial charge in [-0.05, 0) is 38.0 Å². The molecule has 4 aromatic rings. The molecule has 162 valence electrons. The molecule has 5 heterocycles. The number of aromatic amines is 1. The van der Waals surface area contributed by atoms with E-state index in [1.807, 2.05) is 25.4 Å². The van der Waals surface area contributed by atoms with E-state index in [0.717, 1.165) is 53.8 Å². The van der Waals surface area contributed by atoms with Crippen molar-refractivity contribution in [1.82, 2.24) is 19.9 Å². The van der Waals surface area contributed by atoms with Crippen LogP contribution in [-0.2, 0) is 0 Å². The highest BCUT2D eigenvalue weighted by Gasteiger charge is 2.25. The predicted octanol–water partition coefficient (Wildman–Crippen LogP) is 3.51. The molecule has 0 bridgehead atoms. The van der Waals surface area contributed by atoms with Gasteiger partial charge in [-0.25, -0.2) is 4.98 Å². The van der Waals surface area contributed by atoms with Crippen molar-refractivity contribution in [3.8, 4) is 11.1 Å². The average Bonchev–Trinajstić information content (AvgIpc) is 3.22. The molecule has 1 unspecified atom stereocenters. The van der Waals surface area contributed by atoms with Gasteiger partial charge in [0.05, 0.1) is 22.3 Å². The molecular weight excluding hydrogens is 402 g/mol. The number of nitrogens with zero attached hydrogens (tertiary/aromatic N) is 4. The second kappa shape index (κ2) is 8.39. The normalized spacial score (nSPS) is 16.3. The zero-order valence-electron chi connectivity index (χ0n) is 17.9. The number of amides is 1. The van der Waals surface area contributed by atoms with Crippen molar-refractivity contribution in [2.75, 3.05) is 23.3 Å². The second-order valence-corrected chi connectivity index (χ2v) is 8.18. The highest BCUT2D eigenvalue weighted by molar-refractivity contribution is 6.13. The number of carbonyl (C=O) groups excluding carboxylic acids is 1. The number of aromatic nitrogens is 4. The summed E-state index contributed by atoms with van der Waals surface area (Å²) in [7, 11) is 0. The molecule has 8 nitrogen and oxygen atoms in total. The molecular formula is C24H25N7O. The number of nitrogens with two attached hydrogens (primary N) is 1. The summed E-state index contributed by atoms with van der Waals surface area (Å²) < 4.78 is 0. The number of rotatable bonds is 4. The number of nitrogens with one attached hydrogen (secondary N) is 2. The lowest BCUT2D eigenvalue weighted by molar-refractivity contribution is 0.102. The van der Waals surface area contributed by atoms with Crippen LogP contribution in [0.2, 0.25) is 0 Å². The minimum absolute atomic E-state index is 0.100. The summed E-state index contributed by atoms with van der Waals surface area (Å²) in [5.41, 5.74) is 12.1. The number of aryl methyl sites for hydroxylation is 1. The summed E-state index contributed by atoms with van der Waals surface area (Å²) in [6, 6.07) is 7.63. The van der Waals surface area contributed by atoms with Crippen molar-refractivity contribution in [2.45, 2.75) is 25.8 Å². The smallest absolute Gasteiger partial charge is 0.257 e. The van der Waals surface area contributed by atoms with Crippen LogP contribution in [0.3, 0.4) is 0 Å². The van der Waals surface area contributed by atoms with Crippen molar-refractivity contribution in [3.05, 3.63) is 66.5 Å². The maximum absolute atomic E-state index is 12.9. The number of hydrogen-bond acceptors (Lipinski definition) is 6. The van der Waals surface area contributed by atoms with Crippen LogP contribution in [0, 0.1) is 6.92 Å². The summed E-state index contributed by atoms with van der Waals surface area (Å²) in [5.74, 6) is -0.220. The van der Waals surface area contributed by atoms with Crippen LogP contribution in [0.15, 0.2) is 55.2 Å². The van der Waals surface area contributed by atoms with E-state index in [2.05, 4.69) is 36.2 Å². The molecule has 1 aliphatic rings. The van der Waals surface area contributed by atoms with E-state index >= 15 is 0 Å². The molecule has 5 rings (SSSR count). The summed E-state index contributed by atoms with van der Waals surface area (Å²) in [6.07, 6.45) is 10.7. The number of hydrogen-bond donors (Lipinski definition) is 3. The van der Waals surface area contributed by atoms with Gasteiger partial charge in [0.25, 0.3) is 5.91 Å². The summed E-state index contributed by atoms with van der Waals surface area (Å²) in [6.45, 7) is 3.60. The van der Waals surface area contributed by atoms with Crippen LogP contribution < -0.4 is 16.0 Å². The maximum atomic E-state index is 12.9. The lowest BCUT2D eigenvalue weighted by atomic mass is 10.00. The summed E-state index contributed by atoms with van der Waals surface area (Å²) in [4.78, 5) is 31.6. The number of fused-ring (bicyclic) bond motifs is 1. The fraction of sp³-hybridized carbons (Fsp3) is 0.250. The molecule has 8 heteroatoms. The third kappa shape index (κ3) is 3.80. The standard InChI is InChI=1S/C24H25N7O/c1-15-6-7-16(11-27-15)19-12-28-23-21(22(19)31-9-3-5-18(25)14-31)20(13-29-23)30-24(32)17-4-2-8-26-10-17/h2,4,6-8,10-13,18H,3,5,9,14,25H2,1H3,(H,28,29)(H,30,32). The highest BCUT2D eigenvalue weighted by atomic mass is 16.1. The van der Waals surface area contributed by atoms with Gasteiger partial charge >= 0.3 is 0 Å². The van der Waals surface area contributed by atoms with E-state index in [1.54, 1.807) is 30.7 Å². The fourth-order valence-corrected chi connectivity index (χ4v) is 4.25. The first-order valence-electron chi connectivity index (χ1n) is 10.7. The summed E-state index contributed by atoms with van der Waals surface area (Å²) in [5, 5.41) is 3.91. The predicted molar refractivity (Wildman–Crippen MR) is 126 cm³/mol. The molecule has 1 amide bonds. The first kappa shape index (κ1) is 20.1. The molecule has 0 aliphatic carbocycles.